The quantitative estimate of drug-likeness (QED) is 0.898. The van der Waals surface area contributed by atoms with Crippen molar-refractivity contribution < 1.29 is 0 Å². The molecule has 0 atom stereocenters. The van der Waals surface area contributed by atoms with Crippen molar-refractivity contribution in [1.82, 2.24) is 10.3 Å². The number of pyridine rings is 1. The van der Waals surface area contributed by atoms with Gasteiger partial charge >= 0.3 is 0 Å². The van der Waals surface area contributed by atoms with E-state index in [1.54, 1.807) is 0 Å². The number of nitrogens with one attached hydrogen (secondary N) is 1. The molecule has 1 aliphatic carbocycles. The summed E-state index contributed by atoms with van der Waals surface area (Å²) in [6.45, 7) is 5.59. The zero-order valence-electron chi connectivity index (χ0n) is 11.8. The summed E-state index contributed by atoms with van der Waals surface area (Å²) in [5.41, 5.74) is 2.45. The van der Waals surface area contributed by atoms with Crippen molar-refractivity contribution in [2.45, 2.75) is 39.3 Å². The van der Waals surface area contributed by atoms with Crippen LogP contribution in [0.5, 0.6) is 0 Å². The molecule has 1 heterocycles. The molecule has 2 aromatic rings. The topological polar surface area (TPSA) is 24.9 Å². The average Bonchev–Trinajstić information content (AvgIpc) is 2.36. The Morgan fingerprint density at radius 1 is 1.21 bits per heavy atom. The van der Waals surface area contributed by atoms with Crippen LogP contribution in [0.4, 0.5) is 0 Å². The van der Waals surface area contributed by atoms with Crippen molar-refractivity contribution in [3.05, 3.63) is 42.1 Å². The molecule has 0 amide bonds. The highest BCUT2D eigenvalue weighted by atomic mass is 14.9. The summed E-state index contributed by atoms with van der Waals surface area (Å²) in [4.78, 5) is 4.51. The van der Waals surface area contributed by atoms with Crippen LogP contribution >= 0.6 is 0 Å². The van der Waals surface area contributed by atoms with Crippen molar-refractivity contribution in [1.29, 1.82) is 0 Å². The van der Waals surface area contributed by atoms with Crippen LogP contribution in [0.2, 0.25) is 0 Å². The molecular formula is C17H22N2. The Labute approximate surface area is 115 Å². The summed E-state index contributed by atoms with van der Waals surface area (Å²) in [6, 6.07) is 11.3. The molecule has 0 aliphatic heterocycles. The highest BCUT2D eigenvalue weighted by Crippen LogP contribution is 2.33. The molecule has 2 heteroatoms. The average molecular weight is 254 g/mol. The van der Waals surface area contributed by atoms with Crippen LogP contribution in [0.3, 0.4) is 0 Å². The summed E-state index contributed by atoms with van der Waals surface area (Å²) >= 11 is 0. The molecule has 1 N–H and O–H groups in total. The highest BCUT2D eigenvalue weighted by Gasteiger charge is 2.30. The second kappa shape index (κ2) is 5.30. The second-order valence-corrected chi connectivity index (χ2v) is 6.05. The third kappa shape index (κ3) is 2.64. The van der Waals surface area contributed by atoms with E-state index in [1.807, 2.05) is 12.3 Å². The number of aromatic nitrogens is 1. The summed E-state index contributed by atoms with van der Waals surface area (Å²) in [6.07, 6.45) is 4.54. The Bertz CT molecular complexity index is 551. The van der Waals surface area contributed by atoms with E-state index in [0.29, 0.717) is 6.04 Å². The van der Waals surface area contributed by atoms with E-state index in [2.05, 4.69) is 48.4 Å². The Kier molecular flexibility index (Phi) is 3.52. The Morgan fingerprint density at radius 2 is 2.00 bits per heavy atom. The second-order valence-electron chi connectivity index (χ2n) is 6.05. The lowest BCUT2D eigenvalue weighted by atomic mass is 9.73. The smallest absolute Gasteiger partial charge is 0.0746 e. The monoisotopic (exact) mass is 254 g/mol. The fourth-order valence-electron chi connectivity index (χ4n) is 2.94. The van der Waals surface area contributed by atoms with E-state index in [4.69, 9.17) is 0 Å². The largest absolute Gasteiger partial charge is 0.310 e. The van der Waals surface area contributed by atoms with Gasteiger partial charge in [0.2, 0.25) is 0 Å². The number of benzene rings is 1. The zero-order chi connectivity index (χ0) is 13.2. The van der Waals surface area contributed by atoms with Gasteiger partial charge in [0.05, 0.1) is 5.52 Å². The van der Waals surface area contributed by atoms with Gasteiger partial charge in [0, 0.05) is 24.2 Å². The van der Waals surface area contributed by atoms with Crippen molar-refractivity contribution in [2.75, 3.05) is 0 Å². The molecule has 3 rings (SSSR count). The molecule has 1 saturated carbocycles. The van der Waals surface area contributed by atoms with Crippen molar-refractivity contribution in [2.24, 2.45) is 11.8 Å². The molecule has 1 fully saturated rings. The minimum Gasteiger partial charge on any atom is -0.310 e. The van der Waals surface area contributed by atoms with Gasteiger partial charge in [-0.2, -0.15) is 0 Å². The molecular weight excluding hydrogens is 232 g/mol. The van der Waals surface area contributed by atoms with E-state index < -0.39 is 0 Å². The first-order valence-corrected chi connectivity index (χ1v) is 7.30. The van der Waals surface area contributed by atoms with Gasteiger partial charge in [-0.1, -0.05) is 38.1 Å². The lowest BCUT2D eigenvalue weighted by molar-refractivity contribution is 0.168. The van der Waals surface area contributed by atoms with Crippen LogP contribution < -0.4 is 5.32 Å². The fourth-order valence-corrected chi connectivity index (χ4v) is 2.94. The first kappa shape index (κ1) is 12.6. The van der Waals surface area contributed by atoms with Crippen LogP contribution in [0.25, 0.3) is 10.9 Å². The van der Waals surface area contributed by atoms with E-state index in [-0.39, 0.29) is 0 Å². The maximum atomic E-state index is 4.51. The van der Waals surface area contributed by atoms with Gasteiger partial charge in [-0.15, -0.1) is 0 Å². The molecule has 0 radical (unpaired) electrons. The van der Waals surface area contributed by atoms with Gasteiger partial charge in [-0.05, 0) is 36.3 Å². The standard InChI is InChI=1S/C17H22N2/c1-12(2)15-9-16(10-15)19-11-14-6-3-5-13-7-4-8-18-17(13)14/h3-8,12,15-16,19H,9-11H2,1-2H3. The molecule has 2 nitrogen and oxygen atoms in total. The van der Waals surface area contributed by atoms with Gasteiger partial charge in [0.25, 0.3) is 0 Å². The molecule has 1 aromatic carbocycles. The van der Waals surface area contributed by atoms with Crippen molar-refractivity contribution in [3.8, 4) is 0 Å². The van der Waals surface area contributed by atoms with Crippen molar-refractivity contribution in [3.63, 3.8) is 0 Å². The number of fused-ring (bicyclic) bond motifs is 1. The third-order valence-electron chi connectivity index (χ3n) is 4.41. The fraction of sp³-hybridized carbons (Fsp3) is 0.471. The van der Waals surface area contributed by atoms with Crippen LogP contribution in [-0.2, 0) is 6.54 Å². The van der Waals surface area contributed by atoms with E-state index in [1.165, 1.54) is 23.8 Å². The predicted molar refractivity (Wildman–Crippen MR) is 79.9 cm³/mol. The maximum Gasteiger partial charge on any atom is 0.0746 e. The molecule has 1 aliphatic rings. The molecule has 0 saturated heterocycles. The number of hydrogen-bond acceptors (Lipinski definition) is 2. The summed E-state index contributed by atoms with van der Waals surface area (Å²) in [5, 5.41) is 4.90. The van der Waals surface area contributed by atoms with E-state index >= 15 is 0 Å². The summed E-state index contributed by atoms with van der Waals surface area (Å²) < 4.78 is 0. The normalized spacial score (nSPS) is 22.7. The minimum absolute atomic E-state index is 0.700. The van der Waals surface area contributed by atoms with Crippen LogP contribution in [0.15, 0.2) is 36.5 Å². The number of para-hydroxylation sites is 1. The predicted octanol–water partition coefficient (Wildman–Crippen LogP) is 3.76. The molecule has 0 bridgehead atoms. The SMILES string of the molecule is CC(C)C1CC(NCc2cccc3cccnc23)C1. The zero-order valence-corrected chi connectivity index (χ0v) is 11.8. The molecule has 100 valence electrons. The first-order valence-electron chi connectivity index (χ1n) is 7.30. The highest BCUT2D eigenvalue weighted by molar-refractivity contribution is 5.81. The van der Waals surface area contributed by atoms with Crippen LogP contribution in [0, 0.1) is 11.8 Å². The number of hydrogen-bond donors (Lipinski definition) is 1. The first-order chi connectivity index (χ1) is 9.24. The molecule has 0 spiro atoms. The Balaban J connectivity index is 1.64. The van der Waals surface area contributed by atoms with Gasteiger partial charge in [-0.25, -0.2) is 0 Å². The van der Waals surface area contributed by atoms with Crippen molar-refractivity contribution >= 4 is 10.9 Å². The maximum absolute atomic E-state index is 4.51. The van der Waals surface area contributed by atoms with E-state index in [0.717, 1.165) is 23.9 Å². The molecule has 19 heavy (non-hydrogen) atoms. The Hall–Kier alpha value is -1.41. The van der Waals surface area contributed by atoms with E-state index in [9.17, 15) is 0 Å². The van der Waals surface area contributed by atoms with Gasteiger partial charge in [-0.3, -0.25) is 4.98 Å². The van der Waals surface area contributed by atoms with Gasteiger partial charge in [0.1, 0.15) is 0 Å². The lowest BCUT2D eigenvalue weighted by Gasteiger charge is -2.38. The van der Waals surface area contributed by atoms with Crippen LogP contribution in [-0.4, -0.2) is 11.0 Å². The summed E-state index contributed by atoms with van der Waals surface area (Å²) in [7, 11) is 0. The lowest BCUT2D eigenvalue weighted by Crippen LogP contribution is -2.42. The minimum atomic E-state index is 0.700. The Morgan fingerprint density at radius 3 is 2.79 bits per heavy atom. The van der Waals surface area contributed by atoms with Gasteiger partial charge in [0.15, 0.2) is 0 Å². The number of nitrogens with zero attached hydrogens (tertiary/aromatic N) is 1. The van der Waals surface area contributed by atoms with Crippen LogP contribution in [0.1, 0.15) is 32.3 Å². The molecule has 0 unspecified atom stereocenters. The van der Waals surface area contributed by atoms with Gasteiger partial charge < -0.3 is 5.32 Å². The summed E-state index contributed by atoms with van der Waals surface area (Å²) in [5.74, 6) is 1.75. The number of rotatable bonds is 4. The molecule has 1 aromatic heterocycles. The third-order valence-corrected chi connectivity index (χ3v) is 4.41.